The zero-order valence-electron chi connectivity index (χ0n) is 11.2. The number of benzene rings is 1. The Bertz CT molecular complexity index is 550. The largest absolute Gasteiger partial charge is 0.378 e. The molecule has 2 heterocycles. The summed E-state index contributed by atoms with van der Waals surface area (Å²) in [4.78, 5) is 11.4. The summed E-state index contributed by atoms with van der Waals surface area (Å²) in [7, 11) is 0. The number of nitrogens with zero attached hydrogens (tertiary/aromatic N) is 3. The van der Waals surface area contributed by atoms with Gasteiger partial charge in [-0.15, -0.1) is 0 Å². The first-order chi connectivity index (χ1) is 9.36. The van der Waals surface area contributed by atoms with Crippen molar-refractivity contribution in [1.82, 2.24) is 9.97 Å². The van der Waals surface area contributed by atoms with Crippen LogP contribution in [0.25, 0.3) is 10.9 Å². The molecule has 1 aromatic carbocycles. The van der Waals surface area contributed by atoms with Crippen LogP contribution in [0, 0.1) is 0 Å². The highest BCUT2D eigenvalue weighted by Crippen LogP contribution is 2.20. The summed E-state index contributed by atoms with van der Waals surface area (Å²) in [5, 5.41) is 1.09. The molecule has 0 bridgehead atoms. The van der Waals surface area contributed by atoms with E-state index in [2.05, 4.69) is 21.8 Å². The fourth-order valence-electron chi connectivity index (χ4n) is 2.57. The molecule has 1 aliphatic rings. The smallest absolute Gasteiger partial charge is 0.225 e. The van der Waals surface area contributed by atoms with E-state index in [-0.39, 0.29) is 0 Å². The molecule has 4 heteroatoms. The van der Waals surface area contributed by atoms with Crippen LogP contribution < -0.4 is 4.90 Å². The second kappa shape index (κ2) is 5.53. The lowest BCUT2D eigenvalue weighted by Crippen LogP contribution is -2.38. The van der Waals surface area contributed by atoms with Crippen molar-refractivity contribution in [2.75, 3.05) is 24.6 Å². The average Bonchev–Trinajstić information content (AvgIpc) is 2.48. The van der Waals surface area contributed by atoms with Crippen molar-refractivity contribution in [3.8, 4) is 0 Å². The second-order valence-electron chi connectivity index (χ2n) is 4.87. The van der Waals surface area contributed by atoms with E-state index in [1.54, 1.807) is 0 Å². The molecular formula is C15H19N3O. The highest BCUT2D eigenvalue weighted by Gasteiger charge is 2.21. The van der Waals surface area contributed by atoms with Gasteiger partial charge < -0.3 is 9.64 Å². The lowest BCUT2D eigenvalue weighted by Gasteiger charge is -2.31. The summed E-state index contributed by atoms with van der Waals surface area (Å²) < 4.78 is 5.67. The van der Waals surface area contributed by atoms with Crippen molar-refractivity contribution < 1.29 is 4.74 Å². The summed E-state index contributed by atoms with van der Waals surface area (Å²) in [6.07, 6.45) is 4.43. The third-order valence-electron chi connectivity index (χ3n) is 3.60. The molecule has 1 aliphatic heterocycles. The van der Waals surface area contributed by atoms with Crippen molar-refractivity contribution in [2.24, 2.45) is 0 Å². The third-order valence-corrected chi connectivity index (χ3v) is 3.60. The quantitative estimate of drug-likeness (QED) is 0.847. The van der Waals surface area contributed by atoms with Crippen LogP contribution in [0.3, 0.4) is 0 Å². The predicted octanol–water partition coefficient (Wildman–Crippen LogP) is 2.64. The van der Waals surface area contributed by atoms with Gasteiger partial charge in [-0.1, -0.05) is 18.2 Å². The normalized spacial score (nSPS) is 17.0. The van der Waals surface area contributed by atoms with Crippen LogP contribution in [0.5, 0.6) is 0 Å². The lowest BCUT2D eigenvalue weighted by molar-refractivity contribution is 0.0457. The Morgan fingerprint density at radius 2 is 2.05 bits per heavy atom. The SMILES string of the molecule is CCOC1CCN(c2ncc3ccccc3n2)CC1. The van der Waals surface area contributed by atoms with E-state index in [1.807, 2.05) is 30.5 Å². The van der Waals surface area contributed by atoms with E-state index < -0.39 is 0 Å². The molecule has 0 atom stereocenters. The van der Waals surface area contributed by atoms with Gasteiger partial charge in [-0.2, -0.15) is 0 Å². The molecule has 0 N–H and O–H groups in total. The van der Waals surface area contributed by atoms with E-state index in [9.17, 15) is 0 Å². The van der Waals surface area contributed by atoms with E-state index in [0.29, 0.717) is 6.10 Å². The van der Waals surface area contributed by atoms with E-state index in [4.69, 9.17) is 4.74 Å². The maximum atomic E-state index is 5.67. The number of ether oxygens (including phenoxy) is 1. The molecule has 19 heavy (non-hydrogen) atoms. The summed E-state index contributed by atoms with van der Waals surface area (Å²) in [5.74, 6) is 0.841. The van der Waals surface area contributed by atoms with Crippen LogP contribution in [0.1, 0.15) is 19.8 Å². The van der Waals surface area contributed by atoms with Crippen molar-refractivity contribution in [2.45, 2.75) is 25.9 Å². The number of rotatable bonds is 3. The molecule has 0 unspecified atom stereocenters. The Hall–Kier alpha value is -1.68. The molecule has 1 fully saturated rings. The van der Waals surface area contributed by atoms with Gasteiger partial charge in [0.05, 0.1) is 11.6 Å². The summed E-state index contributed by atoms with van der Waals surface area (Å²) in [6, 6.07) is 8.10. The van der Waals surface area contributed by atoms with Gasteiger partial charge in [0.15, 0.2) is 0 Å². The number of anilines is 1. The van der Waals surface area contributed by atoms with Crippen LogP contribution in [0.2, 0.25) is 0 Å². The molecule has 4 nitrogen and oxygen atoms in total. The molecule has 0 radical (unpaired) electrons. The monoisotopic (exact) mass is 257 g/mol. The van der Waals surface area contributed by atoms with Gasteiger partial charge in [-0.25, -0.2) is 9.97 Å². The molecule has 1 saturated heterocycles. The standard InChI is InChI=1S/C15H19N3O/c1-2-19-13-7-9-18(10-8-13)15-16-11-12-5-3-4-6-14(12)17-15/h3-6,11,13H,2,7-10H2,1H3. The summed E-state index contributed by atoms with van der Waals surface area (Å²) >= 11 is 0. The van der Waals surface area contributed by atoms with Gasteiger partial charge in [0.25, 0.3) is 0 Å². The first kappa shape index (κ1) is 12.4. The summed E-state index contributed by atoms with van der Waals surface area (Å²) in [5.41, 5.74) is 1.01. The number of hydrogen-bond donors (Lipinski definition) is 0. The first-order valence-corrected chi connectivity index (χ1v) is 6.95. The molecule has 100 valence electrons. The van der Waals surface area contributed by atoms with Gasteiger partial charge in [0.1, 0.15) is 0 Å². The van der Waals surface area contributed by atoms with Gasteiger partial charge in [0.2, 0.25) is 5.95 Å². The highest BCUT2D eigenvalue weighted by atomic mass is 16.5. The number of para-hydroxylation sites is 1. The van der Waals surface area contributed by atoms with Crippen LogP contribution in [-0.2, 0) is 4.74 Å². The number of aromatic nitrogens is 2. The second-order valence-corrected chi connectivity index (χ2v) is 4.87. The number of hydrogen-bond acceptors (Lipinski definition) is 4. The lowest BCUT2D eigenvalue weighted by atomic mass is 10.1. The Morgan fingerprint density at radius 1 is 1.26 bits per heavy atom. The van der Waals surface area contributed by atoms with Crippen molar-refractivity contribution in [3.05, 3.63) is 30.5 Å². The fourth-order valence-corrected chi connectivity index (χ4v) is 2.57. The minimum atomic E-state index is 0.404. The van der Waals surface area contributed by atoms with Crippen molar-refractivity contribution >= 4 is 16.9 Å². The Morgan fingerprint density at radius 3 is 2.84 bits per heavy atom. The molecule has 2 aromatic rings. The Kier molecular flexibility index (Phi) is 3.60. The van der Waals surface area contributed by atoms with Crippen molar-refractivity contribution in [1.29, 1.82) is 0 Å². The van der Waals surface area contributed by atoms with E-state index in [0.717, 1.165) is 49.4 Å². The van der Waals surface area contributed by atoms with Crippen LogP contribution in [0.15, 0.2) is 30.5 Å². The van der Waals surface area contributed by atoms with Gasteiger partial charge in [-0.3, -0.25) is 0 Å². The van der Waals surface area contributed by atoms with Gasteiger partial charge in [-0.05, 0) is 25.8 Å². The zero-order chi connectivity index (χ0) is 13.1. The van der Waals surface area contributed by atoms with E-state index in [1.165, 1.54) is 0 Å². The van der Waals surface area contributed by atoms with Gasteiger partial charge >= 0.3 is 0 Å². The topological polar surface area (TPSA) is 38.2 Å². The maximum absolute atomic E-state index is 5.67. The van der Waals surface area contributed by atoms with Crippen LogP contribution in [-0.4, -0.2) is 35.8 Å². The number of piperidine rings is 1. The molecular weight excluding hydrogens is 238 g/mol. The molecule has 3 rings (SSSR count). The predicted molar refractivity (Wildman–Crippen MR) is 76.4 cm³/mol. The molecule has 0 amide bonds. The molecule has 0 spiro atoms. The van der Waals surface area contributed by atoms with Gasteiger partial charge in [0, 0.05) is 31.3 Å². The molecule has 0 aliphatic carbocycles. The van der Waals surface area contributed by atoms with Crippen LogP contribution in [0.4, 0.5) is 5.95 Å². The average molecular weight is 257 g/mol. The minimum absolute atomic E-state index is 0.404. The Labute approximate surface area is 113 Å². The van der Waals surface area contributed by atoms with E-state index >= 15 is 0 Å². The maximum Gasteiger partial charge on any atom is 0.225 e. The molecule has 1 aromatic heterocycles. The molecule has 0 saturated carbocycles. The Balaban J connectivity index is 1.74. The minimum Gasteiger partial charge on any atom is -0.378 e. The van der Waals surface area contributed by atoms with Crippen molar-refractivity contribution in [3.63, 3.8) is 0 Å². The summed E-state index contributed by atoms with van der Waals surface area (Å²) in [6.45, 7) is 4.81. The highest BCUT2D eigenvalue weighted by molar-refractivity contribution is 5.78. The van der Waals surface area contributed by atoms with Crippen LogP contribution >= 0.6 is 0 Å². The first-order valence-electron chi connectivity index (χ1n) is 6.95. The zero-order valence-corrected chi connectivity index (χ0v) is 11.2. The number of fused-ring (bicyclic) bond motifs is 1. The fraction of sp³-hybridized carbons (Fsp3) is 0.467. The third kappa shape index (κ3) is 2.68.